The molecular weight excluding hydrogens is 244 g/mol. The summed E-state index contributed by atoms with van der Waals surface area (Å²) in [7, 11) is 0. The SMILES string of the molecule is CCCCCn1cnc2c1c(=O)[nH]c(=O)n2C1CC1. The Balaban J connectivity index is 2.09. The number of hydrogen-bond acceptors (Lipinski definition) is 3. The van der Waals surface area contributed by atoms with E-state index in [1.54, 1.807) is 10.9 Å². The highest BCUT2D eigenvalue weighted by atomic mass is 16.2. The Morgan fingerprint density at radius 1 is 1.37 bits per heavy atom. The van der Waals surface area contributed by atoms with Gasteiger partial charge in [0.15, 0.2) is 11.2 Å². The Kier molecular flexibility index (Phi) is 3.00. The quantitative estimate of drug-likeness (QED) is 0.828. The standard InChI is InChI=1S/C13H18N4O2/c1-2-3-4-7-16-8-14-11-10(16)12(18)15-13(19)17(11)9-5-6-9/h8-9H,2-7H2,1H3,(H,15,18,19). The molecule has 2 aromatic heterocycles. The molecule has 19 heavy (non-hydrogen) atoms. The molecule has 0 aliphatic heterocycles. The number of aromatic amines is 1. The van der Waals surface area contributed by atoms with Crippen LogP contribution in [0.2, 0.25) is 0 Å². The molecule has 102 valence electrons. The summed E-state index contributed by atoms with van der Waals surface area (Å²) in [6, 6.07) is 0.214. The van der Waals surface area contributed by atoms with Gasteiger partial charge in [-0.2, -0.15) is 0 Å². The normalized spacial score (nSPS) is 15.2. The zero-order valence-corrected chi connectivity index (χ0v) is 11.1. The van der Waals surface area contributed by atoms with E-state index in [0.29, 0.717) is 11.2 Å². The fourth-order valence-corrected chi connectivity index (χ4v) is 2.47. The number of aromatic nitrogens is 4. The molecule has 1 N–H and O–H groups in total. The van der Waals surface area contributed by atoms with Crippen molar-refractivity contribution in [3.8, 4) is 0 Å². The maximum Gasteiger partial charge on any atom is 0.330 e. The lowest BCUT2D eigenvalue weighted by molar-refractivity contribution is 0.611. The smallest absolute Gasteiger partial charge is 0.325 e. The molecule has 1 aliphatic carbocycles. The van der Waals surface area contributed by atoms with Crippen molar-refractivity contribution >= 4 is 11.2 Å². The van der Waals surface area contributed by atoms with Gasteiger partial charge < -0.3 is 4.57 Å². The van der Waals surface area contributed by atoms with Crippen LogP contribution in [0.15, 0.2) is 15.9 Å². The maximum atomic E-state index is 12.0. The fourth-order valence-electron chi connectivity index (χ4n) is 2.47. The van der Waals surface area contributed by atoms with Gasteiger partial charge in [-0.05, 0) is 19.3 Å². The lowest BCUT2D eigenvalue weighted by atomic mass is 10.2. The van der Waals surface area contributed by atoms with Crippen molar-refractivity contribution in [2.45, 2.75) is 51.6 Å². The zero-order chi connectivity index (χ0) is 13.4. The molecule has 2 aromatic rings. The van der Waals surface area contributed by atoms with Crippen molar-refractivity contribution in [1.82, 2.24) is 19.1 Å². The van der Waals surface area contributed by atoms with Crippen LogP contribution in [-0.2, 0) is 6.54 Å². The maximum absolute atomic E-state index is 12.0. The molecule has 1 fully saturated rings. The minimum atomic E-state index is -0.334. The molecular formula is C13H18N4O2. The summed E-state index contributed by atoms with van der Waals surface area (Å²) >= 11 is 0. The Bertz CT molecular complexity index is 705. The summed E-state index contributed by atoms with van der Waals surface area (Å²) in [4.78, 5) is 30.5. The van der Waals surface area contributed by atoms with Gasteiger partial charge in [-0.3, -0.25) is 14.3 Å². The van der Waals surface area contributed by atoms with E-state index in [2.05, 4.69) is 16.9 Å². The summed E-state index contributed by atoms with van der Waals surface area (Å²) in [5.41, 5.74) is 0.403. The number of hydrogen-bond donors (Lipinski definition) is 1. The molecule has 0 spiro atoms. The molecule has 0 atom stereocenters. The first-order valence-corrected chi connectivity index (χ1v) is 6.92. The number of imidazole rings is 1. The molecule has 0 amide bonds. The summed E-state index contributed by atoms with van der Waals surface area (Å²) in [6.07, 6.45) is 6.93. The van der Waals surface area contributed by atoms with Gasteiger partial charge in [0.1, 0.15) is 0 Å². The van der Waals surface area contributed by atoms with Crippen molar-refractivity contribution < 1.29 is 0 Å². The second-order valence-electron chi connectivity index (χ2n) is 5.18. The monoisotopic (exact) mass is 262 g/mol. The van der Waals surface area contributed by atoms with Crippen LogP contribution in [0.4, 0.5) is 0 Å². The van der Waals surface area contributed by atoms with Gasteiger partial charge in [0.2, 0.25) is 0 Å². The van der Waals surface area contributed by atoms with Crippen LogP contribution in [-0.4, -0.2) is 19.1 Å². The van der Waals surface area contributed by atoms with Crippen LogP contribution >= 0.6 is 0 Å². The number of nitrogens with one attached hydrogen (secondary N) is 1. The van der Waals surface area contributed by atoms with Gasteiger partial charge in [-0.15, -0.1) is 0 Å². The minimum absolute atomic E-state index is 0.214. The first-order chi connectivity index (χ1) is 9.22. The molecule has 0 saturated heterocycles. The topological polar surface area (TPSA) is 72.7 Å². The Morgan fingerprint density at radius 3 is 2.84 bits per heavy atom. The molecule has 0 bridgehead atoms. The van der Waals surface area contributed by atoms with Crippen LogP contribution < -0.4 is 11.2 Å². The fraction of sp³-hybridized carbons (Fsp3) is 0.615. The Morgan fingerprint density at radius 2 is 2.16 bits per heavy atom. The van der Waals surface area contributed by atoms with Gasteiger partial charge in [0.05, 0.1) is 6.33 Å². The van der Waals surface area contributed by atoms with Crippen molar-refractivity contribution in [2.75, 3.05) is 0 Å². The largest absolute Gasteiger partial charge is 0.330 e. The third-order valence-corrected chi connectivity index (χ3v) is 3.62. The van der Waals surface area contributed by atoms with Crippen LogP contribution in [0.25, 0.3) is 11.2 Å². The first-order valence-electron chi connectivity index (χ1n) is 6.92. The van der Waals surface area contributed by atoms with Crippen LogP contribution in [0.1, 0.15) is 45.1 Å². The molecule has 1 saturated carbocycles. The van der Waals surface area contributed by atoms with Gasteiger partial charge in [0, 0.05) is 12.6 Å². The van der Waals surface area contributed by atoms with E-state index in [0.717, 1.165) is 38.6 Å². The highest BCUT2D eigenvalue weighted by Gasteiger charge is 2.28. The Labute approximate surface area is 110 Å². The molecule has 0 aromatic carbocycles. The summed E-state index contributed by atoms with van der Waals surface area (Å²) < 4.78 is 3.50. The van der Waals surface area contributed by atoms with E-state index in [4.69, 9.17) is 0 Å². The van der Waals surface area contributed by atoms with E-state index >= 15 is 0 Å². The average Bonchev–Trinajstić information content (AvgIpc) is 3.10. The molecule has 6 heteroatoms. The lowest BCUT2D eigenvalue weighted by Gasteiger charge is -2.05. The molecule has 6 nitrogen and oxygen atoms in total. The van der Waals surface area contributed by atoms with Gasteiger partial charge in [0.25, 0.3) is 5.56 Å². The number of unbranched alkanes of at least 4 members (excludes halogenated alkanes) is 2. The molecule has 0 unspecified atom stereocenters. The van der Waals surface area contributed by atoms with Gasteiger partial charge in [-0.1, -0.05) is 19.8 Å². The van der Waals surface area contributed by atoms with E-state index in [-0.39, 0.29) is 17.3 Å². The summed E-state index contributed by atoms with van der Waals surface area (Å²) in [6.45, 7) is 2.92. The third kappa shape index (κ3) is 2.11. The molecule has 1 aliphatic rings. The highest BCUT2D eigenvalue weighted by molar-refractivity contribution is 5.70. The lowest BCUT2D eigenvalue weighted by Crippen LogP contribution is -2.30. The zero-order valence-electron chi connectivity index (χ0n) is 11.1. The number of nitrogens with zero attached hydrogens (tertiary/aromatic N) is 3. The van der Waals surface area contributed by atoms with E-state index in [1.807, 2.05) is 4.57 Å². The highest BCUT2D eigenvalue weighted by Crippen LogP contribution is 2.34. The first kappa shape index (κ1) is 12.2. The minimum Gasteiger partial charge on any atom is -0.325 e. The second kappa shape index (κ2) is 4.68. The van der Waals surface area contributed by atoms with Crippen molar-refractivity contribution in [3.63, 3.8) is 0 Å². The number of fused-ring (bicyclic) bond motifs is 1. The molecule has 0 radical (unpaired) electrons. The summed E-state index contributed by atoms with van der Waals surface area (Å²) in [5.74, 6) is 0. The van der Waals surface area contributed by atoms with Crippen molar-refractivity contribution in [3.05, 3.63) is 27.2 Å². The van der Waals surface area contributed by atoms with E-state index < -0.39 is 0 Å². The predicted octanol–water partition coefficient (Wildman–Crippen LogP) is 1.41. The second-order valence-corrected chi connectivity index (χ2v) is 5.18. The van der Waals surface area contributed by atoms with Gasteiger partial charge in [-0.25, -0.2) is 9.78 Å². The number of H-pyrrole nitrogens is 1. The third-order valence-electron chi connectivity index (χ3n) is 3.62. The van der Waals surface area contributed by atoms with E-state index in [1.165, 1.54) is 0 Å². The average molecular weight is 262 g/mol. The van der Waals surface area contributed by atoms with Crippen molar-refractivity contribution in [2.24, 2.45) is 0 Å². The summed E-state index contributed by atoms with van der Waals surface area (Å²) in [5, 5.41) is 0. The van der Waals surface area contributed by atoms with Crippen LogP contribution in [0.3, 0.4) is 0 Å². The van der Waals surface area contributed by atoms with Crippen LogP contribution in [0, 0.1) is 0 Å². The molecule has 3 rings (SSSR count). The van der Waals surface area contributed by atoms with Crippen LogP contribution in [0.5, 0.6) is 0 Å². The number of rotatable bonds is 5. The van der Waals surface area contributed by atoms with Gasteiger partial charge >= 0.3 is 5.69 Å². The molecule has 2 heterocycles. The Hall–Kier alpha value is -1.85. The van der Waals surface area contributed by atoms with E-state index in [9.17, 15) is 9.59 Å². The predicted molar refractivity (Wildman–Crippen MR) is 72.4 cm³/mol. The van der Waals surface area contributed by atoms with Crippen molar-refractivity contribution in [1.29, 1.82) is 0 Å². The number of aryl methyl sites for hydroxylation is 1.